The summed E-state index contributed by atoms with van der Waals surface area (Å²) in [5, 5.41) is 35.4. The number of carboxylic acid groups (broad SMARTS) is 1. The van der Waals surface area contributed by atoms with E-state index in [4.69, 9.17) is 10.8 Å². The van der Waals surface area contributed by atoms with E-state index in [0.717, 1.165) is 5.56 Å². The Bertz CT molecular complexity index is 983. The lowest BCUT2D eigenvalue weighted by Crippen LogP contribution is -2.51. The van der Waals surface area contributed by atoms with Gasteiger partial charge in [0.2, 0.25) is 17.7 Å². The van der Waals surface area contributed by atoms with E-state index in [0.29, 0.717) is 5.56 Å². The summed E-state index contributed by atoms with van der Waals surface area (Å²) in [5.74, 6) is -3.33. The first kappa shape index (κ1) is 26.3. The number of phenols is 1. The molecule has 0 aliphatic heterocycles. The van der Waals surface area contributed by atoms with Crippen molar-refractivity contribution in [1.82, 2.24) is 16.0 Å². The molecule has 0 saturated carbocycles. The number of nitrogens with one attached hydrogen (secondary N) is 3. The highest BCUT2D eigenvalue weighted by Crippen LogP contribution is 2.11. The van der Waals surface area contributed by atoms with Crippen molar-refractivity contribution in [3.8, 4) is 5.75 Å². The highest BCUT2D eigenvalue weighted by Gasteiger charge is 2.27. The first-order chi connectivity index (χ1) is 16.2. The fourth-order valence-corrected chi connectivity index (χ4v) is 3.06. The highest BCUT2D eigenvalue weighted by molar-refractivity contribution is 5.90. The maximum Gasteiger partial charge on any atom is 0.334 e. The molecule has 34 heavy (non-hydrogen) atoms. The van der Waals surface area contributed by atoms with Gasteiger partial charge in [0.05, 0.1) is 25.2 Å². The van der Waals surface area contributed by atoms with E-state index < -0.39 is 55.0 Å². The maximum atomic E-state index is 12.2. The number of carbonyl (C=O) groups excluding carboxylic acids is 3. The third-order valence-electron chi connectivity index (χ3n) is 4.88. The van der Waals surface area contributed by atoms with E-state index >= 15 is 0 Å². The van der Waals surface area contributed by atoms with Gasteiger partial charge in [0.1, 0.15) is 5.75 Å². The molecule has 0 heterocycles. The van der Waals surface area contributed by atoms with E-state index in [1.807, 2.05) is 0 Å². The second-order valence-electron chi connectivity index (χ2n) is 7.62. The Balaban J connectivity index is 1.77. The largest absolute Gasteiger partial charge is 0.508 e. The molecule has 2 aromatic carbocycles. The predicted octanol–water partition coefficient (Wildman–Crippen LogP) is -1.33. The summed E-state index contributed by atoms with van der Waals surface area (Å²) in [7, 11) is 0. The highest BCUT2D eigenvalue weighted by atomic mass is 16.4. The molecular formula is C23H28N4O7. The van der Waals surface area contributed by atoms with E-state index in [9.17, 15) is 29.4 Å². The van der Waals surface area contributed by atoms with Crippen LogP contribution in [-0.2, 0) is 32.0 Å². The number of hydrogen-bond donors (Lipinski definition) is 7. The van der Waals surface area contributed by atoms with Gasteiger partial charge in [0.15, 0.2) is 6.10 Å². The first-order valence-corrected chi connectivity index (χ1v) is 10.5. The molecule has 0 aromatic heterocycles. The summed E-state index contributed by atoms with van der Waals surface area (Å²) >= 11 is 0. The molecule has 0 bridgehead atoms. The molecule has 8 N–H and O–H groups in total. The van der Waals surface area contributed by atoms with Gasteiger partial charge in [-0.05, 0) is 36.1 Å². The average Bonchev–Trinajstić information content (AvgIpc) is 2.82. The second kappa shape index (κ2) is 12.9. The number of aliphatic hydroxyl groups excluding tert-OH is 1. The van der Waals surface area contributed by atoms with Gasteiger partial charge in [-0.15, -0.1) is 0 Å². The zero-order chi connectivity index (χ0) is 25.1. The number of aliphatic carboxylic acids is 1. The van der Waals surface area contributed by atoms with Gasteiger partial charge in [0.25, 0.3) is 0 Å². The number of amides is 3. The molecule has 2 rings (SSSR count). The van der Waals surface area contributed by atoms with Crippen LogP contribution in [0.3, 0.4) is 0 Å². The van der Waals surface area contributed by atoms with E-state index in [1.165, 1.54) is 12.1 Å². The molecular weight excluding hydrogens is 444 g/mol. The van der Waals surface area contributed by atoms with Crippen LogP contribution in [0.1, 0.15) is 11.1 Å². The van der Waals surface area contributed by atoms with Crippen LogP contribution in [0.4, 0.5) is 0 Å². The lowest BCUT2D eigenvalue weighted by Gasteiger charge is -2.22. The number of rotatable bonds is 12. The van der Waals surface area contributed by atoms with E-state index in [-0.39, 0.29) is 18.6 Å². The van der Waals surface area contributed by atoms with Crippen molar-refractivity contribution >= 4 is 23.7 Å². The predicted molar refractivity (Wildman–Crippen MR) is 122 cm³/mol. The molecule has 182 valence electrons. The van der Waals surface area contributed by atoms with Crippen LogP contribution in [-0.4, -0.2) is 70.3 Å². The Kier molecular flexibility index (Phi) is 9.99. The summed E-state index contributed by atoms with van der Waals surface area (Å²) in [6.07, 6.45) is -1.57. The van der Waals surface area contributed by atoms with Crippen LogP contribution in [0.5, 0.6) is 5.75 Å². The summed E-state index contributed by atoms with van der Waals surface area (Å²) in [5.41, 5.74) is 7.27. The van der Waals surface area contributed by atoms with Crippen LogP contribution in [0, 0.1) is 0 Å². The van der Waals surface area contributed by atoms with Crippen molar-refractivity contribution in [3.63, 3.8) is 0 Å². The molecule has 3 atom stereocenters. The van der Waals surface area contributed by atoms with Crippen LogP contribution >= 0.6 is 0 Å². The van der Waals surface area contributed by atoms with Gasteiger partial charge in [-0.2, -0.15) is 0 Å². The third-order valence-corrected chi connectivity index (χ3v) is 4.88. The number of carbonyl (C=O) groups is 4. The van der Waals surface area contributed by atoms with Crippen LogP contribution in [0.15, 0.2) is 54.6 Å². The molecule has 0 aliphatic rings. The summed E-state index contributed by atoms with van der Waals surface area (Å²) < 4.78 is 0. The van der Waals surface area contributed by atoms with Crippen LogP contribution in [0.25, 0.3) is 0 Å². The number of aromatic hydroxyl groups is 1. The van der Waals surface area contributed by atoms with Crippen molar-refractivity contribution in [1.29, 1.82) is 0 Å². The maximum absolute atomic E-state index is 12.2. The second-order valence-corrected chi connectivity index (χ2v) is 7.62. The normalized spacial score (nSPS) is 13.2. The molecule has 0 fully saturated rings. The number of phenolic OH excluding ortho intramolecular Hbond substituents is 1. The molecule has 0 spiro atoms. The summed E-state index contributed by atoms with van der Waals surface area (Å²) in [6, 6.07) is 12.9. The molecule has 0 saturated heterocycles. The monoisotopic (exact) mass is 472 g/mol. The third kappa shape index (κ3) is 8.88. The van der Waals surface area contributed by atoms with Crippen molar-refractivity contribution in [2.24, 2.45) is 5.73 Å². The summed E-state index contributed by atoms with van der Waals surface area (Å²) in [6.45, 7) is -0.896. The van der Waals surface area contributed by atoms with Gasteiger partial charge in [-0.25, -0.2) is 4.79 Å². The molecule has 3 amide bonds. The molecule has 0 unspecified atom stereocenters. The van der Waals surface area contributed by atoms with Gasteiger partial charge < -0.3 is 37.0 Å². The van der Waals surface area contributed by atoms with Gasteiger partial charge in [-0.3, -0.25) is 14.4 Å². The standard InChI is InChI=1S/C23H28N4O7/c24-17(10-15-6-8-16(28)9-7-15)22(32)26-12-19(29)25-13-20(30)27-18(21(31)23(33)34)11-14-4-2-1-3-5-14/h1-9,17-18,21,28,31H,10-13,24H2,(H,25,29)(H,26,32)(H,27,30)(H,33,34)/t17-,18-,21+/m0/s1. The quantitative estimate of drug-likeness (QED) is 0.197. The number of carboxylic acids is 1. The Morgan fingerprint density at radius 2 is 1.41 bits per heavy atom. The fraction of sp³-hybridized carbons (Fsp3) is 0.304. The number of aliphatic hydroxyl groups is 1. The van der Waals surface area contributed by atoms with Crippen molar-refractivity contribution in [2.75, 3.05) is 13.1 Å². The van der Waals surface area contributed by atoms with Crippen molar-refractivity contribution in [2.45, 2.75) is 31.0 Å². The first-order valence-electron chi connectivity index (χ1n) is 10.5. The smallest absolute Gasteiger partial charge is 0.334 e. The number of hydrogen-bond acceptors (Lipinski definition) is 7. The Hall–Kier alpha value is -3.96. The molecule has 11 nitrogen and oxygen atoms in total. The molecule has 0 radical (unpaired) electrons. The Labute approximate surface area is 196 Å². The lowest BCUT2D eigenvalue weighted by atomic mass is 10.0. The van der Waals surface area contributed by atoms with Crippen molar-refractivity contribution < 1.29 is 34.5 Å². The topological polar surface area (TPSA) is 191 Å². The number of nitrogens with two attached hydrogens (primary N) is 1. The number of benzene rings is 2. The van der Waals surface area contributed by atoms with E-state index in [2.05, 4.69) is 16.0 Å². The van der Waals surface area contributed by atoms with Gasteiger partial charge in [0, 0.05) is 0 Å². The Morgan fingerprint density at radius 1 is 0.824 bits per heavy atom. The van der Waals surface area contributed by atoms with Crippen LogP contribution < -0.4 is 21.7 Å². The molecule has 2 aromatic rings. The molecule has 0 aliphatic carbocycles. The fourth-order valence-electron chi connectivity index (χ4n) is 3.06. The van der Waals surface area contributed by atoms with Gasteiger partial charge in [-0.1, -0.05) is 42.5 Å². The average molecular weight is 472 g/mol. The Morgan fingerprint density at radius 3 is 2.03 bits per heavy atom. The summed E-state index contributed by atoms with van der Waals surface area (Å²) in [4.78, 5) is 47.4. The van der Waals surface area contributed by atoms with Gasteiger partial charge >= 0.3 is 5.97 Å². The zero-order valence-corrected chi connectivity index (χ0v) is 18.3. The van der Waals surface area contributed by atoms with E-state index in [1.54, 1.807) is 42.5 Å². The van der Waals surface area contributed by atoms with Crippen molar-refractivity contribution in [3.05, 3.63) is 65.7 Å². The SMILES string of the molecule is N[C@@H](Cc1ccc(O)cc1)C(=O)NCC(=O)NCC(=O)N[C@@H](Cc1ccccc1)[C@@H](O)C(=O)O. The van der Waals surface area contributed by atoms with Crippen LogP contribution in [0.2, 0.25) is 0 Å². The molecule has 11 heteroatoms. The minimum absolute atomic E-state index is 0.0724. The minimum atomic E-state index is -1.84. The lowest BCUT2D eigenvalue weighted by molar-refractivity contribution is -0.148. The zero-order valence-electron chi connectivity index (χ0n) is 18.3. The minimum Gasteiger partial charge on any atom is -0.508 e.